The molecule has 0 aromatic heterocycles. The van der Waals surface area contributed by atoms with Crippen LogP contribution in [0.1, 0.15) is 79.5 Å². The molecule has 0 amide bonds. The number of benzene rings is 2. The Hall–Kier alpha value is -2.11. The van der Waals surface area contributed by atoms with Gasteiger partial charge in [-0.25, -0.2) is 8.78 Å². The van der Waals surface area contributed by atoms with Gasteiger partial charge in [-0.3, -0.25) is 0 Å². The van der Waals surface area contributed by atoms with Crippen molar-refractivity contribution in [3.05, 3.63) is 64.2 Å². The standard InChI is InChI=1S/C25H27F5O/c1-2-15-3-5-16(6-4-15)20-13-22(26)24(23(27)14-20)19-8-7-18-12-21(31-25(28,29)30)10-9-17(18)11-19/h9-10,12-16,19H,2-8,11H2,1H3. The summed E-state index contributed by atoms with van der Waals surface area (Å²) in [5.41, 5.74) is 2.40. The van der Waals surface area contributed by atoms with Crippen molar-refractivity contribution in [1.82, 2.24) is 0 Å². The molecule has 2 aromatic rings. The third-order valence-electron chi connectivity index (χ3n) is 7.04. The molecule has 168 valence electrons. The average Bonchev–Trinajstić information content (AvgIpc) is 2.72. The molecule has 0 radical (unpaired) electrons. The van der Waals surface area contributed by atoms with Gasteiger partial charge in [0, 0.05) is 5.56 Å². The number of alkyl halides is 3. The van der Waals surface area contributed by atoms with Crippen LogP contribution < -0.4 is 4.74 Å². The number of hydrogen-bond acceptors (Lipinski definition) is 1. The van der Waals surface area contributed by atoms with Gasteiger partial charge >= 0.3 is 6.36 Å². The Morgan fingerprint density at radius 1 is 0.871 bits per heavy atom. The quantitative estimate of drug-likeness (QED) is 0.442. The van der Waals surface area contributed by atoms with Crippen LogP contribution >= 0.6 is 0 Å². The number of aryl methyl sites for hydroxylation is 1. The highest BCUT2D eigenvalue weighted by molar-refractivity contribution is 5.41. The Labute approximate surface area is 179 Å². The summed E-state index contributed by atoms with van der Waals surface area (Å²) in [6, 6.07) is 7.22. The van der Waals surface area contributed by atoms with Crippen LogP contribution in [0.25, 0.3) is 0 Å². The van der Waals surface area contributed by atoms with E-state index in [0.29, 0.717) is 19.3 Å². The summed E-state index contributed by atoms with van der Waals surface area (Å²) in [5.74, 6) is -0.665. The van der Waals surface area contributed by atoms with E-state index in [9.17, 15) is 13.2 Å². The molecule has 0 saturated heterocycles. The van der Waals surface area contributed by atoms with Crippen LogP contribution in [-0.2, 0) is 12.8 Å². The highest BCUT2D eigenvalue weighted by atomic mass is 19.4. The first-order valence-electron chi connectivity index (χ1n) is 11.1. The maximum Gasteiger partial charge on any atom is 0.573 e. The minimum absolute atomic E-state index is 0.104. The smallest absolute Gasteiger partial charge is 0.406 e. The Balaban J connectivity index is 1.50. The van der Waals surface area contributed by atoms with Crippen molar-refractivity contribution in [3.8, 4) is 5.75 Å². The summed E-state index contributed by atoms with van der Waals surface area (Å²) in [6.45, 7) is 2.19. The fourth-order valence-electron chi connectivity index (χ4n) is 5.31. The second kappa shape index (κ2) is 8.79. The normalized spacial score (nSPS) is 24.0. The molecule has 1 saturated carbocycles. The molecule has 0 spiro atoms. The molecule has 1 nitrogen and oxygen atoms in total. The summed E-state index contributed by atoms with van der Waals surface area (Å²) in [5, 5.41) is 0. The van der Waals surface area contributed by atoms with E-state index < -0.39 is 18.0 Å². The van der Waals surface area contributed by atoms with E-state index in [1.165, 1.54) is 24.3 Å². The zero-order valence-electron chi connectivity index (χ0n) is 17.6. The van der Waals surface area contributed by atoms with E-state index in [-0.39, 0.29) is 23.1 Å². The number of halogens is 5. The molecule has 6 heteroatoms. The molecule has 2 aromatic carbocycles. The molecular formula is C25H27F5O. The van der Waals surface area contributed by atoms with Crippen LogP contribution in [0.3, 0.4) is 0 Å². The van der Waals surface area contributed by atoms with Gasteiger partial charge in [0.25, 0.3) is 0 Å². The third kappa shape index (κ3) is 5.04. The van der Waals surface area contributed by atoms with Gasteiger partial charge in [-0.05, 0) is 104 Å². The fraction of sp³-hybridized carbons (Fsp3) is 0.520. The van der Waals surface area contributed by atoms with Gasteiger partial charge in [-0.2, -0.15) is 0 Å². The first kappa shape index (κ1) is 22.1. The second-order valence-electron chi connectivity index (χ2n) is 8.94. The molecule has 0 bridgehead atoms. The maximum absolute atomic E-state index is 15.0. The zero-order chi connectivity index (χ0) is 22.2. The largest absolute Gasteiger partial charge is 0.573 e. The van der Waals surface area contributed by atoms with Gasteiger partial charge in [-0.1, -0.05) is 19.4 Å². The van der Waals surface area contributed by atoms with Crippen molar-refractivity contribution in [3.63, 3.8) is 0 Å². The van der Waals surface area contributed by atoms with Crippen LogP contribution in [0.15, 0.2) is 30.3 Å². The highest BCUT2D eigenvalue weighted by Gasteiger charge is 2.32. The van der Waals surface area contributed by atoms with Crippen molar-refractivity contribution in [2.75, 3.05) is 0 Å². The Morgan fingerprint density at radius 2 is 1.55 bits per heavy atom. The summed E-state index contributed by atoms with van der Waals surface area (Å²) < 4.78 is 71.4. The van der Waals surface area contributed by atoms with E-state index in [1.54, 1.807) is 6.07 Å². The Morgan fingerprint density at radius 3 is 2.16 bits per heavy atom. The third-order valence-corrected chi connectivity index (χ3v) is 7.04. The lowest BCUT2D eigenvalue weighted by atomic mass is 9.76. The summed E-state index contributed by atoms with van der Waals surface area (Å²) >= 11 is 0. The number of fused-ring (bicyclic) bond motifs is 1. The lowest BCUT2D eigenvalue weighted by Gasteiger charge is -2.29. The predicted octanol–water partition coefficient (Wildman–Crippen LogP) is 7.82. The topological polar surface area (TPSA) is 9.23 Å². The Bertz CT molecular complexity index is 905. The van der Waals surface area contributed by atoms with Crippen molar-refractivity contribution < 1.29 is 26.7 Å². The van der Waals surface area contributed by atoms with Crippen LogP contribution in [0.5, 0.6) is 5.75 Å². The van der Waals surface area contributed by atoms with Crippen LogP contribution in [0, 0.1) is 17.6 Å². The Kier molecular flexibility index (Phi) is 6.27. The number of ether oxygens (including phenoxy) is 1. The monoisotopic (exact) mass is 438 g/mol. The molecule has 2 aliphatic carbocycles. The molecule has 31 heavy (non-hydrogen) atoms. The summed E-state index contributed by atoms with van der Waals surface area (Å²) in [6.07, 6.45) is 1.89. The zero-order valence-corrected chi connectivity index (χ0v) is 17.6. The van der Waals surface area contributed by atoms with Crippen molar-refractivity contribution >= 4 is 0 Å². The minimum atomic E-state index is -4.74. The van der Waals surface area contributed by atoms with Crippen LogP contribution in [-0.4, -0.2) is 6.36 Å². The lowest BCUT2D eigenvalue weighted by Crippen LogP contribution is -2.19. The van der Waals surface area contributed by atoms with Gasteiger partial charge in [0.15, 0.2) is 0 Å². The van der Waals surface area contributed by atoms with E-state index in [0.717, 1.165) is 54.7 Å². The molecule has 1 fully saturated rings. The first-order chi connectivity index (χ1) is 14.7. The summed E-state index contributed by atoms with van der Waals surface area (Å²) in [4.78, 5) is 0. The van der Waals surface area contributed by atoms with Crippen molar-refractivity contribution in [2.45, 2.75) is 76.5 Å². The molecule has 1 atom stereocenters. The first-order valence-corrected chi connectivity index (χ1v) is 11.1. The molecule has 4 rings (SSSR count). The lowest BCUT2D eigenvalue weighted by molar-refractivity contribution is -0.274. The highest BCUT2D eigenvalue weighted by Crippen LogP contribution is 2.41. The van der Waals surface area contributed by atoms with Crippen LogP contribution in [0.4, 0.5) is 22.0 Å². The van der Waals surface area contributed by atoms with E-state index in [2.05, 4.69) is 11.7 Å². The molecule has 0 heterocycles. The second-order valence-corrected chi connectivity index (χ2v) is 8.94. The van der Waals surface area contributed by atoms with Crippen LogP contribution in [0.2, 0.25) is 0 Å². The molecular weight excluding hydrogens is 411 g/mol. The SMILES string of the molecule is CCC1CCC(c2cc(F)c(C3CCc4cc(OC(F)(F)F)ccc4C3)c(F)c2)CC1. The number of hydrogen-bond donors (Lipinski definition) is 0. The molecule has 0 aliphatic heterocycles. The van der Waals surface area contributed by atoms with E-state index in [4.69, 9.17) is 0 Å². The van der Waals surface area contributed by atoms with Gasteiger partial charge in [0.2, 0.25) is 0 Å². The van der Waals surface area contributed by atoms with Crippen molar-refractivity contribution in [2.24, 2.45) is 5.92 Å². The predicted molar refractivity (Wildman–Crippen MR) is 109 cm³/mol. The van der Waals surface area contributed by atoms with Crippen molar-refractivity contribution in [1.29, 1.82) is 0 Å². The van der Waals surface area contributed by atoms with Gasteiger partial charge in [0.05, 0.1) is 0 Å². The van der Waals surface area contributed by atoms with Gasteiger partial charge < -0.3 is 4.74 Å². The van der Waals surface area contributed by atoms with E-state index in [1.807, 2.05) is 0 Å². The molecule has 0 N–H and O–H groups in total. The summed E-state index contributed by atoms with van der Waals surface area (Å²) in [7, 11) is 0. The van der Waals surface area contributed by atoms with E-state index >= 15 is 8.78 Å². The van der Waals surface area contributed by atoms with Gasteiger partial charge in [-0.15, -0.1) is 13.2 Å². The molecule has 1 unspecified atom stereocenters. The average molecular weight is 438 g/mol. The van der Waals surface area contributed by atoms with Gasteiger partial charge in [0.1, 0.15) is 17.4 Å². The molecule has 2 aliphatic rings. The number of rotatable bonds is 4. The maximum atomic E-state index is 15.0. The minimum Gasteiger partial charge on any atom is -0.406 e. The fourth-order valence-corrected chi connectivity index (χ4v) is 5.31.